The summed E-state index contributed by atoms with van der Waals surface area (Å²) in [4.78, 5) is 0. The second-order valence-electron chi connectivity index (χ2n) is 9.06. The lowest BCUT2D eigenvalue weighted by Gasteiger charge is -2.39. The van der Waals surface area contributed by atoms with Crippen LogP contribution < -0.4 is 5.73 Å². The third-order valence-electron chi connectivity index (χ3n) is 7.52. The number of hydrogen-bond acceptors (Lipinski definition) is 1. The van der Waals surface area contributed by atoms with Crippen LogP contribution in [0.4, 0.5) is 5.69 Å². The third kappa shape index (κ3) is 5.02. The van der Waals surface area contributed by atoms with Gasteiger partial charge in [-0.2, -0.15) is 0 Å². The molecule has 0 amide bonds. The molecule has 0 spiro atoms. The highest BCUT2D eigenvalue weighted by atomic mass is 14.5. The van der Waals surface area contributed by atoms with E-state index in [1.54, 1.807) is 0 Å². The van der Waals surface area contributed by atoms with Crippen molar-refractivity contribution in [1.82, 2.24) is 0 Å². The maximum absolute atomic E-state index is 5.84. The lowest BCUT2D eigenvalue weighted by Crippen LogP contribution is -2.28. The minimum absolute atomic E-state index is 0.772. The summed E-state index contributed by atoms with van der Waals surface area (Å²) in [7, 11) is 0. The highest BCUT2D eigenvalue weighted by Gasteiger charge is 2.32. The fourth-order valence-electron chi connectivity index (χ4n) is 5.63. The van der Waals surface area contributed by atoms with Crippen molar-refractivity contribution >= 4 is 5.69 Å². The van der Waals surface area contributed by atoms with Crippen LogP contribution >= 0.6 is 0 Å². The summed E-state index contributed by atoms with van der Waals surface area (Å²) in [6, 6.07) is 8.64. The van der Waals surface area contributed by atoms with E-state index in [-0.39, 0.29) is 0 Å². The van der Waals surface area contributed by atoms with Gasteiger partial charge in [0.25, 0.3) is 0 Å². The summed E-state index contributed by atoms with van der Waals surface area (Å²) < 4.78 is 0. The van der Waals surface area contributed by atoms with Crippen molar-refractivity contribution < 1.29 is 0 Å². The molecule has 1 nitrogen and oxygen atoms in total. The maximum Gasteiger partial charge on any atom is 0.0314 e. The summed E-state index contributed by atoms with van der Waals surface area (Å²) in [6.07, 6.45) is 16.0. The van der Waals surface area contributed by atoms with Crippen LogP contribution in [0.3, 0.4) is 0 Å². The van der Waals surface area contributed by atoms with Crippen molar-refractivity contribution in [1.29, 1.82) is 0 Å². The van der Waals surface area contributed by atoms with Gasteiger partial charge in [-0.25, -0.2) is 0 Å². The first-order chi connectivity index (χ1) is 12.2. The van der Waals surface area contributed by atoms with E-state index in [4.69, 9.17) is 5.73 Å². The standard InChI is InChI=1S/C24H39N/c1-3-4-5-19-6-8-20(9-7-19)18(2)21-10-12-22(13-11-21)23-14-16-24(25)17-15-23/h14-22H,3-13,25H2,1-2H3. The van der Waals surface area contributed by atoms with E-state index >= 15 is 0 Å². The highest BCUT2D eigenvalue weighted by molar-refractivity contribution is 5.40. The van der Waals surface area contributed by atoms with Gasteiger partial charge in [-0.3, -0.25) is 0 Å². The van der Waals surface area contributed by atoms with Crippen LogP contribution in [0, 0.1) is 23.7 Å². The Labute approximate surface area is 155 Å². The normalized spacial score (nSPS) is 31.6. The number of anilines is 1. The van der Waals surface area contributed by atoms with Gasteiger partial charge in [0.2, 0.25) is 0 Å². The molecule has 0 aromatic heterocycles. The van der Waals surface area contributed by atoms with Crippen molar-refractivity contribution in [2.24, 2.45) is 23.7 Å². The van der Waals surface area contributed by atoms with Gasteiger partial charge in [0.05, 0.1) is 0 Å². The molecule has 2 aliphatic rings. The average molecular weight is 342 g/mol. The smallest absolute Gasteiger partial charge is 0.0314 e. The molecule has 0 bridgehead atoms. The molecule has 25 heavy (non-hydrogen) atoms. The molecular weight excluding hydrogens is 302 g/mol. The lowest BCUT2D eigenvalue weighted by atomic mass is 9.66. The summed E-state index contributed by atoms with van der Waals surface area (Å²) >= 11 is 0. The van der Waals surface area contributed by atoms with Gasteiger partial charge in [0.1, 0.15) is 0 Å². The van der Waals surface area contributed by atoms with E-state index in [1.807, 2.05) is 0 Å². The average Bonchev–Trinajstić information content (AvgIpc) is 2.67. The summed E-state index contributed by atoms with van der Waals surface area (Å²) in [5.74, 6) is 4.75. The Bertz CT molecular complexity index is 489. The third-order valence-corrected chi connectivity index (χ3v) is 7.52. The minimum atomic E-state index is 0.772. The van der Waals surface area contributed by atoms with Crippen LogP contribution in [-0.4, -0.2) is 0 Å². The monoisotopic (exact) mass is 341 g/mol. The molecule has 0 radical (unpaired) electrons. The lowest BCUT2D eigenvalue weighted by molar-refractivity contribution is 0.132. The molecule has 0 aliphatic heterocycles. The van der Waals surface area contributed by atoms with Crippen LogP contribution in [-0.2, 0) is 0 Å². The Kier molecular flexibility index (Phi) is 6.84. The van der Waals surface area contributed by atoms with E-state index in [0.29, 0.717) is 0 Å². The first kappa shape index (κ1) is 18.8. The fourth-order valence-corrected chi connectivity index (χ4v) is 5.63. The zero-order valence-corrected chi connectivity index (χ0v) is 16.6. The van der Waals surface area contributed by atoms with Crippen molar-refractivity contribution in [3.63, 3.8) is 0 Å². The zero-order valence-electron chi connectivity index (χ0n) is 16.6. The van der Waals surface area contributed by atoms with Crippen LogP contribution in [0.1, 0.15) is 96.0 Å². The number of nitrogen functional groups attached to an aromatic ring is 1. The van der Waals surface area contributed by atoms with Crippen LogP contribution in [0.25, 0.3) is 0 Å². The van der Waals surface area contributed by atoms with Crippen molar-refractivity contribution in [2.75, 3.05) is 5.73 Å². The fraction of sp³-hybridized carbons (Fsp3) is 0.750. The first-order valence-electron chi connectivity index (χ1n) is 11.0. The quantitative estimate of drug-likeness (QED) is 0.545. The van der Waals surface area contributed by atoms with Crippen LogP contribution in [0.5, 0.6) is 0 Å². The molecule has 1 atom stereocenters. The molecule has 0 saturated heterocycles. The van der Waals surface area contributed by atoms with Crippen LogP contribution in [0.2, 0.25) is 0 Å². The molecule has 1 aromatic rings. The number of benzene rings is 1. The van der Waals surface area contributed by atoms with Gasteiger partial charge in [0, 0.05) is 5.69 Å². The van der Waals surface area contributed by atoms with E-state index in [1.165, 1.54) is 76.2 Å². The van der Waals surface area contributed by atoms with Gasteiger partial charge < -0.3 is 5.73 Å². The highest BCUT2D eigenvalue weighted by Crippen LogP contribution is 2.44. The molecule has 140 valence electrons. The molecule has 2 fully saturated rings. The molecule has 2 saturated carbocycles. The largest absolute Gasteiger partial charge is 0.399 e. The van der Waals surface area contributed by atoms with E-state index in [2.05, 4.69) is 38.1 Å². The molecule has 1 aromatic carbocycles. The minimum Gasteiger partial charge on any atom is -0.399 e. The Morgan fingerprint density at radius 3 is 2.00 bits per heavy atom. The van der Waals surface area contributed by atoms with Gasteiger partial charge in [0.15, 0.2) is 0 Å². The zero-order chi connectivity index (χ0) is 17.6. The molecular formula is C24H39N. The van der Waals surface area contributed by atoms with E-state index in [9.17, 15) is 0 Å². The van der Waals surface area contributed by atoms with E-state index < -0.39 is 0 Å². The molecule has 1 heteroatoms. The topological polar surface area (TPSA) is 26.0 Å². The number of hydrogen-bond donors (Lipinski definition) is 1. The summed E-state index contributed by atoms with van der Waals surface area (Å²) in [5, 5.41) is 0. The van der Waals surface area contributed by atoms with Crippen molar-refractivity contribution in [3.8, 4) is 0 Å². The predicted octanol–water partition coefficient (Wildman–Crippen LogP) is 7.18. The van der Waals surface area contributed by atoms with Crippen molar-refractivity contribution in [2.45, 2.75) is 90.4 Å². The number of rotatable bonds is 6. The first-order valence-corrected chi connectivity index (χ1v) is 11.0. The molecule has 2 N–H and O–H groups in total. The Balaban J connectivity index is 1.44. The van der Waals surface area contributed by atoms with Gasteiger partial charge in [-0.05, 0) is 85.8 Å². The Hall–Kier alpha value is -0.980. The van der Waals surface area contributed by atoms with Gasteiger partial charge in [-0.15, -0.1) is 0 Å². The maximum atomic E-state index is 5.84. The Morgan fingerprint density at radius 2 is 1.44 bits per heavy atom. The second-order valence-corrected chi connectivity index (χ2v) is 9.06. The van der Waals surface area contributed by atoms with Crippen molar-refractivity contribution in [3.05, 3.63) is 29.8 Å². The van der Waals surface area contributed by atoms with E-state index in [0.717, 1.165) is 35.3 Å². The molecule has 3 rings (SSSR count). The number of nitrogens with two attached hydrogens (primary N) is 1. The molecule has 2 aliphatic carbocycles. The molecule has 1 unspecified atom stereocenters. The molecule has 0 heterocycles. The summed E-state index contributed by atoms with van der Waals surface area (Å²) in [6.45, 7) is 4.90. The second kappa shape index (κ2) is 9.10. The van der Waals surface area contributed by atoms with Gasteiger partial charge in [-0.1, -0.05) is 58.1 Å². The van der Waals surface area contributed by atoms with Crippen LogP contribution in [0.15, 0.2) is 24.3 Å². The summed E-state index contributed by atoms with van der Waals surface area (Å²) in [5.41, 5.74) is 8.24. The SMILES string of the molecule is CCCCC1CCC(C(C)C2CCC(c3ccc(N)cc3)CC2)CC1. The Morgan fingerprint density at radius 1 is 0.880 bits per heavy atom. The number of unbranched alkanes of at least 4 members (excludes halogenated alkanes) is 1. The predicted molar refractivity (Wildman–Crippen MR) is 110 cm³/mol. The van der Waals surface area contributed by atoms with Gasteiger partial charge >= 0.3 is 0 Å².